The van der Waals surface area contributed by atoms with Crippen LogP contribution in [-0.4, -0.2) is 88.8 Å². The summed E-state index contributed by atoms with van der Waals surface area (Å²) in [5, 5.41) is 6.50. The summed E-state index contributed by atoms with van der Waals surface area (Å²) >= 11 is 7.62. The zero-order valence-electron chi connectivity index (χ0n) is 20.5. The fourth-order valence-corrected chi connectivity index (χ4v) is 6.75. The highest BCUT2D eigenvalue weighted by Gasteiger charge is 2.35. The Hall–Kier alpha value is -2.20. The molecule has 0 N–H and O–H groups in total. The van der Waals surface area contributed by atoms with Crippen LogP contribution < -0.4 is 4.90 Å². The number of benzene rings is 1. The second-order valence-electron chi connectivity index (χ2n) is 10.1. The molecule has 3 saturated heterocycles. The minimum Gasteiger partial charge on any atom is -0.379 e. The molecule has 0 radical (unpaired) electrons. The Labute approximate surface area is 220 Å². The molecule has 3 aliphatic rings. The van der Waals surface area contributed by atoms with Crippen LogP contribution in [0.4, 0.5) is 5.13 Å². The molecule has 192 valence electrons. The Morgan fingerprint density at radius 3 is 2.56 bits per heavy atom. The van der Waals surface area contributed by atoms with E-state index in [0.29, 0.717) is 11.9 Å². The number of piperidine rings is 2. The maximum atomic E-state index is 13.6. The van der Waals surface area contributed by atoms with E-state index in [4.69, 9.17) is 26.4 Å². The van der Waals surface area contributed by atoms with Gasteiger partial charge in [-0.15, -0.1) is 5.10 Å². The molecule has 0 aliphatic carbocycles. The lowest BCUT2D eigenvalue weighted by Gasteiger charge is -2.42. The molecule has 3 fully saturated rings. The van der Waals surface area contributed by atoms with E-state index >= 15 is 0 Å². The van der Waals surface area contributed by atoms with Gasteiger partial charge in [0.25, 0.3) is 0 Å². The molecule has 36 heavy (non-hydrogen) atoms. The zero-order chi connectivity index (χ0) is 24.5. The topological polar surface area (TPSA) is 66.2 Å². The molecule has 3 aliphatic heterocycles. The van der Waals surface area contributed by atoms with Gasteiger partial charge in [0.2, 0.25) is 16.0 Å². The van der Waals surface area contributed by atoms with Crippen LogP contribution in [0.2, 0.25) is 5.02 Å². The minimum atomic E-state index is 0.118. The Morgan fingerprint density at radius 1 is 1.03 bits per heavy atom. The number of ether oxygens (including phenoxy) is 1. The van der Waals surface area contributed by atoms with E-state index in [1.54, 1.807) is 11.3 Å². The third-order valence-corrected chi connectivity index (χ3v) is 9.01. The van der Waals surface area contributed by atoms with Crippen LogP contribution in [0.1, 0.15) is 32.1 Å². The first-order chi connectivity index (χ1) is 17.6. The summed E-state index contributed by atoms with van der Waals surface area (Å²) in [6, 6.07) is 8.06. The van der Waals surface area contributed by atoms with Crippen molar-refractivity contribution in [1.82, 2.24) is 24.4 Å². The average molecular weight is 529 g/mol. The summed E-state index contributed by atoms with van der Waals surface area (Å²) in [7, 11) is 0. The van der Waals surface area contributed by atoms with E-state index in [-0.39, 0.29) is 5.92 Å². The number of carbonyl (C=O) groups is 1. The van der Waals surface area contributed by atoms with Gasteiger partial charge in [0.05, 0.1) is 25.1 Å². The Bertz CT molecular complexity index is 1150. The number of nitrogens with zero attached hydrogens (tertiary/aromatic N) is 6. The van der Waals surface area contributed by atoms with E-state index in [0.717, 1.165) is 105 Å². The number of amides is 1. The van der Waals surface area contributed by atoms with Gasteiger partial charge in [-0.05, 0) is 44.2 Å². The zero-order valence-corrected chi connectivity index (χ0v) is 22.1. The number of hydrogen-bond acceptors (Lipinski definition) is 7. The van der Waals surface area contributed by atoms with Crippen molar-refractivity contribution in [2.24, 2.45) is 5.92 Å². The van der Waals surface area contributed by atoms with Crippen molar-refractivity contribution in [3.8, 4) is 11.3 Å². The van der Waals surface area contributed by atoms with Crippen LogP contribution in [0.3, 0.4) is 0 Å². The number of morpholine rings is 1. The van der Waals surface area contributed by atoms with Crippen molar-refractivity contribution >= 4 is 38.9 Å². The Balaban J connectivity index is 1.07. The molecule has 0 bridgehead atoms. The molecule has 3 aromatic rings. The van der Waals surface area contributed by atoms with E-state index < -0.39 is 0 Å². The van der Waals surface area contributed by atoms with Crippen LogP contribution in [0, 0.1) is 5.92 Å². The molecule has 2 aromatic heterocycles. The number of hydrogen-bond donors (Lipinski definition) is 0. The van der Waals surface area contributed by atoms with E-state index in [1.807, 2.05) is 35.0 Å². The van der Waals surface area contributed by atoms with Gasteiger partial charge < -0.3 is 14.5 Å². The predicted octanol–water partition coefficient (Wildman–Crippen LogP) is 4.04. The third kappa shape index (κ3) is 5.11. The van der Waals surface area contributed by atoms with Crippen LogP contribution >= 0.6 is 22.9 Å². The van der Waals surface area contributed by atoms with Crippen molar-refractivity contribution in [3.05, 3.63) is 35.5 Å². The Morgan fingerprint density at radius 2 is 1.81 bits per heavy atom. The molecule has 5 heterocycles. The van der Waals surface area contributed by atoms with E-state index in [2.05, 4.69) is 14.7 Å². The van der Waals surface area contributed by atoms with Crippen molar-refractivity contribution < 1.29 is 9.53 Å². The van der Waals surface area contributed by atoms with Gasteiger partial charge in [0.15, 0.2) is 0 Å². The van der Waals surface area contributed by atoms with Crippen LogP contribution in [-0.2, 0) is 9.53 Å². The molecule has 1 aromatic carbocycles. The molecule has 10 heteroatoms. The number of aromatic nitrogens is 3. The lowest BCUT2D eigenvalue weighted by molar-refractivity contribution is -0.140. The fraction of sp³-hybridized carbons (Fsp3) is 0.577. The number of likely N-dealkylation sites (tertiary alicyclic amines) is 1. The molecule has 6 rings (SSSR count). The van der Waals surface area contributed by atoms with Gasteiger partial charge in [0, 0.05) is 61.8 Å². The summed E-state index contributed by atoms with van der Waals surface area (Å²) in [6.45, 7) is 7.20. The van der Waals surface area contributed by atoms with Crippen molar-refractivity contribution in [3.63, 3.8) is 0 Å². The van der Waals surface area contributed by atoms with Crippen molar-refractivity contribution in [2.45, 2.75) is 38.1 Å². The largest absolute Gasteiger partial charge is 0.379 e. The summed E-state index contributed by atoms with van der Waals surface area (Å²) in [5.74, 6) is 0.487. The first-order valence-corrected chi connectivity index (χ1v) is 14.3. The van der Waals surface area contributed by atoms with Gasteiger partial charge in [-0.2, -0.15) is 0 Å². The highest BCUT2D eigenvalue weighted by Crippen LogP contribution is 2.31. The quantitative estimate of drug-likeness (QED) is 0.498. The second kappa shape index (κ2) is 10.7. The fourth-order valence-electron chi connectivity index (χ4n) is 5.69. The monoisotopic (exact) mass is 528 g/mol. The number of fused-ring (bicyclic) bond motifs is 1. The minimum absolute atomic E-state index is 0.118. The standard InChI is InChI=1S/C26H33ClN6O2S/c27-21-6-4-19(5-7-21)23-18-33-25(28-23)36-26(29-33)31-11-8-20(9-12-31)24(34)32-10-2-1-3-22(32)17-30-13-15-35-16-14-30/h4-7,18,20,22H,1-3,8-17H2. The molecular formula is C26H33ClN6O2S. The maximum Gasteiger partial charge on any atom is 0.226 e. The molecule has 0 spiro atoms. The SMILES string of the molecule is O=C(C1CCN(c2nn3cc(-c4ccc(Cl)cc4)nc3s2)CC1)N1CCCCC1CN1CCOCC1. The second-order valence-corrected chi connectivity index (χ2v) is 11.5. The summed E-state index contributed by atoms with van der Waals surface area (Å²) < 4.78 is 7.37. The van der Waals surface area contributed by atoms with Crippen LogP contribution in [0.25, 0.3) is 16.2 Å². The number of carbonyl (C=O) groups excluding carboxylic acids is 1. The molecular weight excluding hydrogens is 496 g/mol. The summed E-state index contributed by atoms with van der Waals surface area (Å²) in [6.07, 6.45) is 7.22. The molecule has 8 nitrogen and oxygen atoms in total. The van der Waals surface area contributed by atoms with Crippen LogP contribution in [0.15, 0.2) is 30.5 Å². The smallest absolute Gasteiger partial charge is 0.226 e. The van der Waals surface area contributed by atoms with Gasteiger partial charge in [-0.1, -0.05) is 35.1 Å². The molecule has 1 atom stereocenters. The summed E-state index contributed by atoms with van der Waals surface area (Å²) in [5.41, 5.74) is 1.93. The van der Waals surface area contributed by atoms with Gasteiger partial charge in [-0.3, -0.25) is 9.69 Å². The first-order valence-electron chi connectivity index (χ1n) is 13.1. The highest BCUT2D eigenvalue weighted by atomic mass is 35.5. The highest BCUT2D eigenvalue weighted by molar-refractivity contribution is 7.20. The normalized spacial score (nSPS) is 22.4. The van der Waals surface area contributed by atoms with E-state index in [1.165, 1.54) is 6.42 Å². The van der Waals surface area contributed by atoms with Crippen molar-refractivity contribution in [1.29, 1.82) is 0 Å². The number of rotatable bonds is 5. The third-order valence-electron chi connectivity index (χ3n) is 7.77. The number of halogens is 1. The molecule has 1 amide bonds. The lowest BCUT2D eigenvalue weighted by Crippen LogP contribution is -2.53. The van der Waals surface area contributed by atoms with Gasteiger partial charge >= 0.3 is 0 Å². The van der Waals surface area contributed by atoms with Gasteiger partial charge in [-0.25, -0.2) is 9.50 Å². The summed E-state index contributed by atoms with van der Waals surface area (Å²) in [4.78, 5) is 26.2. The average Bonchev–Trinajstić information content (AvgIpc) is 3.50. The Kier molecular flexibility index (Phi) is 7.15. The predicted molar refractivity (Wildman–Crippen MR) is 143 cm³/mol. The maximum absolute atomic E-state index is 13.6. The van der Waals surface area contributed by atoms with Crippen LogP contribution in [0.5, 0.6) is 0 Å². The lowest BCUT2D eigenvalue weighted by atomic mass is 9.92. The molecule has 0 saturated carbocycles. The number of imidazole rings is 1. The molecule has 1 unspecified atom stereocenters. The van der Waals surface area contributed by atoms with E-state index in [9.17, 15) is 4.79 Å². The number of anilines is 1. The first kappa shape index (κ1) is 24.2. The van der Waals surface area contributed by atoms with Crippen molar-refractivity contribution in [2.75, 3.05) is 57.4 Å². The van der Waals surface area contributed by atoms with Gasteiger partial charge in [0.1, 0.15) is 0 Å².